The van der Waals surface area contributed by atoms with Gasteiger partial charge in [-0.15, -0.1) is 0 Å². The van der Waals surface area contributed by atoms with Crippen LogP contribution in [0.2, 0.25) is 0 Å². The number of anilines is 1. The second kappa shape index (κ2) is 54.6. The number of aromatic nitrogens is 3. The molecule has 0 spiro atoms. The van der Waals surface area contributed by atoms with Gasteiger partial charge in [0, 0.05) is 64.2 Å². The highest BCUT2D eigenvalue weighted by Crippen LogP contribution is 2.49. The van der Waals surface area contributed by atoms with Crippen molar-refractivity contribution in [1.29, 1.82) is 0 Å². The summed E-state index contributed by atoms with van der Waals surface area (Å²) in [7, 11) is -3.56. The van der Waals surface area contributed by atoms with E-state index in [1.807, 2.05) is 72.7 Å². The molecule has 2 heterocycles. The molecule has 0 saturated carbocycles. The molecule has 7 N–H and O–H groups in total. The van der Waals surface area contributed by atoms with Crippen molar-refractivity contribution in [2.45, 2.75) is 354 Å². The van der Waals surface area contributed by atoms with Crippen LogP contribution in [-0.2, 0) is 50.5 Å². The first kappa shape index (κ1) is 101. The van der Waals surface area contributed by atoms with Crippen molar-refractivity contribution < 1.29 is 51.8 Å². The molecule has 5 amide bonds. The molecule has 0 aliphatic heterocycles. The number of hydrogen-bond acceptors (Lipinski definition) is 16. The first-order chi connectivity index (χ1) is 52.9. The van der Waals surface area contributed by atoms with Gasteiger partial charge in [0.1, 0.15) is 28.1 Å². The molecule has 3 rings (SSSR count). The van der Waals surface area contributed by atoms with Crippen LogP contribution in [0.25, 0.3) is 21.9 Å². The number of carbonyl (C=O) groups excluding carboxylic acids is 5. The van der Waals surface area contributed by atoms with Crippen LogP contribution in [0, 0.1) is 47.3 Å². The first-order valence-corrected chi connectivity index (χ1v) is 45.9. The van der Waals surface area contributed by atoms with Crippen molar-refractivity contribution in [2.24, 2.45) is 47.3 Å². The third kappa shape index (κ3) is 46.5. The fraction of sp³-hybridized carbons (Fsp3) is 0.831. The van der Waals surface area contributed by atoms with Crippen LogP contribution in [0.15, 0.2) is 24.3 Å². The highest BCUT2D eigenvalue weighted by atomic mass is 31.2. The average molecular weight is 1600 g/mol. The van der Waals surface area contributed by atoms with Crippen LogP contribution in [0.4, 0.5) is 20.2 Å². The normalized spacial score (nSPS) is 14.7. The lowest BCUT2D eigenvalue weighted by atomic mass is 9.91. The molecule has 0 aliphatic rings. The number of amides is 5. The predicted molar refractivity (Wildman–Crippen MR) is 463 cm³/mol. The Labute approximate surface area is 680 Å². The van der Waals surface area contributed by atoms with Gasteiger partial charge in [-0.05, 0) is 187 Å². The van der Waals surface area contributed by atoms with Crippen LogP contribution in [0.1, 0.15) is 324 Å². The van der Waals surface area contributed by atoms with Gasteiger partial charge in [-0.1, -0.05) is 210 Å². The Morgan fingerprint density at radius 1 is 0.500 bits per heavy atom. The lowest BCUT2D eigenvalue weighted by Crippen LogP contribution is -2.45. The highest BCUT2D eigenvalue weighted by Gasteiger charge is 2.29. The highest BCUT2D eigenvalue weighted by molar-refractivity contribution is 7.53. The number of rotatable bonds is 61. The largest absolute Gasteiger partial charge is 0.444 e. The molecule has 2 aromatic heterocycles. The summed E-state index contributed by atoms with van der Waals surface area (Å²) in [6, 6.07) is 7.14. The van der Waals surface area contributed by atoms with Crippen LogP contribution >= 0.6 is 7.60 Å². The first-order valence-electron chi connectivity index (χ1n) is 44.2. The van der Waals surface area contributed by atoms with Gasteiger partial charge >= 0.3 is 25.9 Å². The average Bonchev–Trinajstić information content (AvgIpc) is 1.59. The predicted octanol–water partition coefficient (Wildman–Crippen LogP) is 20.7. The van der Waals surface area contributed by atoms with Crippen molar-refractivity contribution in [3.63, 3.8) is 0 Å². The molecule has 1 aromatic carbocycles. The number of ether oxygens (including phenoxy) is 3. The minimum atomic E-state index is -3.56. The molecule has 0 saturated heterocycles. The van der Waals surface area contributed by atoms with Crippen molar-refractivity contribution in [2.75, 3.05) is 84.0 Å². The number of hydrogen-bond donors (Lipinski definition) is 6. The molecule has 7 atom stereocenters. The maximum absolute atomic E-state index is 15.0. The number of benzene rings is 1. The van der Waals surface area contributed by atoms with Crippen molar-refractivity contribution in [1.82, 2.24) is 50.9 Å². The summed E-state index contributed by atoms with van der Waals surface area (Å²) in [6.07, 6.45) is 26.3. The third-order valence-electron chi connectivity index (χ3n) is 21.0. The Bertz CT molecular complexity index is 3090. The number of pyridine rings is 1. The Morgan fingerprint density at radius 3 is 1.38 bits per heavy atom. The van der Waals surface area contributed by atoms with E-state index in [-0.39, 0.29) is 37.4 Å². The van der Waals surface area contributed by atoms with E-state index >= 15 is 0 Å². The zero-order valence-corrected chi connectivity index (χ0v) is 75.3. The van der Waals surface area contributed by atoms with Crippen molar-refractivity contribution in [3.05, 3.63) is 30.1 Å². The number of fused-ring (bicyclic) bond motifs is 3. The van der Waals surface area contributed by atoms with E-state index in [1.54, 1.807) is 30.6 Å². The molecule has 3 aromatic rings. The van der Waals surface area contributed by atoms with E-state index in [4.69, 9.17) is 34.0 Å². The van der Waals surface area contributed by atoms with Crippen LogP contribution in [0.3, 0.4) is 0 Å². The van der Waals surface area contributed by atoms with E-state index in [0.717, 1.165) is 78.1 Å². The number of nitrogen functional groups attached to an aromatic ring is 1. The van der Waals surface area contributed by atoms with Gasteiger partial charge in [-0.2, -0.15) is 0 Å². The minimum Gasteiger partial charge on any atom is -0.444 e. The lowest BCUT2D eigenvalue weighted by molar-refractivity contribution is -0.124. The fourth-order valence-electron chi connectivity index (χ4n) is 14.3. The molecular weight excluding hydrogens is 1430 g/mol. The summed E-state index contributed by atoms with van der Waals surface area (Å²) < 4.78 is 46.9. The standard InChI is InChI=1S/C89H164N11O11P/c1-21-91-66-78-97-80-81(75-48-22-23-49-76(75)96-82(80)90)100(78)62-34-55-94-83(102)77(50-51-79(101)93-54-32-60-98(85(104)110-88(15,16)17)58-24-25-59-99(86(105)111-89(18,19)20)61-33-56-95-84(103)109-87(12,13)14)92-57-35-65-112(106,107-63-52-73(10)46-30-44-71(8)42-28-40-69(6)38-26-36-67(2)3)108-64-53-74(11)47-31-45-72(9)43-29-41-70(7)39-27-37-68(4)5/h22-23,48-49,67-74,77,91-92H,21,24-47,50-66H2,1-20H3,(H2,90,96)(H,93,101)(H,94,102)(H,95,103)/t69?,70?,71?,72?,73?,74?,77-,112?/m0/s1. The molecule has 646 valence electrons. The molecule has 6 unspecified atom stereocenters. The third-order valence-corrected chi connectivity index (χ3v) is 23.0. The Hall–Kier alpha value is -5.28. The number of aryl methyl sites for hydroxylation is 1. The number of unbranched alkanes of at least 4 members (excludes halogenated alkanes) is 1. The van der Waals surface area contributed by atoms with Gasteiger partial charge in [0.15, 0.2) is 5.82 Å². The number of alkyl carbamates (subject to hydrolysis) is 1. The fourth-order valence-corrected chi connectivity index (χ4v) is 15.9. The number of nitrogens with zero attached hydrogens (tertiary/aromatic N) is 5. The summed E-state index contributed by atoms with van der Waals surface area (Å²) in [6.45, 7) is 46.9. The molecule has 0 fully saturated rings. The smallest absolute Gasteiger partial charge is 0.410 e. The summed E-state index contributed by atoms with van der Waals surface area (Å²) in [5.41, 5.74) is 6.74. The zero-order valence-electron chi connectivity index (χ0n) is 74.5. The maximum Gasteiger partial charge on any atom is 0.410 e. The van der Waals surface area contributed by atoms with Gasteiger partial charge in [0.05, 0.1) is 43.0 Å². The summed E-state index contributed by atoms with van der Waals surface area (Å²) >= 11 is 0. The molecular formula is C89H164N11O11P. The van der Waals surface area contributed by atoms with Crippen LogP contribution in [-0.4, -0.2) is 156 Å². The Kier molecular flexibility index (Phi) is 49.2. The quantitative estimate of drug-likeness (QED) is 0.0174. The monoisotopic (exact) mass is 1590 g/mol. The second-order valence-corrected chi connectivity index (χ2v) is 39.1. The van der Waals surface area contributed by atoms with Crippen LogP contribution < -0.4 is 32.3 Å². The zero-order chi connectivity index (χ0) is 83.3. The molecule has 23 heteroatoms. The summed E-state index contributed by atoms with van der Waals surface area (Å²) in [5.74, 6) is 6.06. The molecule has 22 nitrogen and oxygen atoms in total. The Balaban J connectivity index is 1.76. The number of carbonyl (C=O) groups is 5. The number of para-hydroxylation sites is 1. The van der Waals surface area contributed by atoms with Gasteiger partial charge in [0.25, 0.3) is 0 Å². The molecule has 112 heavy (non-hydrogen) atoms. The lowest BCUT2D eigenvalue weighted by Gasteiger charge is -2.29. The second-order valence-electron chi connectivity index (χ2n) is 36.9. The SMILES string of the molecule is CCNCc1nc2c(N)nc3ccccc3c2n1CCCNC(=O)[C@H](CCC(=O)NCCCN(CCCCN(CCCNC(=O)OC(C)(C)C)C(=O)OC(C)(C)C)C(=O)OC(C)(C)C)NCCCP(=O)(OCCC(C)CCCC(C)CCCC(C)CCCC(C)C)OCCC(C)CCCC(C)CCCC(C)CCCC(C)C. The topological polar surface area (TPSA) is 272 Å². The molecule has 0 bridgehead atoms. The van der Waals surface area contributed by atoms with Gasteiger partial charge in [0.2, 0.25) is 11.8 Å². The summed E-state index contributed by atoms with van der Waals surface area (Å²) in [4.78, 5) is 80.6. The van der Waals surface area contributed by atoms with E-state index in [0.29, 0.717) is 146 Å². The van der Waals surface area contributed by atoms with Gasteiger partial charge in [-0.3, -0.25) is 14.2 Å². The van der Waals surface area contributed by atoms with Crippen LogP contribution in [0.5, 0.6) is 0 Å². The number of nitrogens with one attached hydrogen (secondary N) is 5. The van der Waals surface area contributed by atoms with Gasteiger partial charge in [-0.25, -0.2) is 24.4 Å². The van der Waals surface area contributed by atoms with Gasteiger partial charge < -0.3 is 69.9 Å². The maximum atomic E-state index is 15.0. The van der Waals surface area contributed by atoms with E-state index in [2.05, 4.69) is 105 Å². The Morgan fingerprint density at radius 2 is 0.929 bits per heavy atom. The van der Waals surface area contributed by atoms with E-state index in [9.17, 15) is 28.5 Å². The summed E-state index contributed by atoms with van der Waals surface area (Å²) in [5, 5.41) is 16.8. The molecule has 0 radical (unpaired) electrons. The minimum absolute atomic E-state index is 0.0399. The van der Waals surface area contributed by atoms with E-state index < -0.39 is 48.7 Å². The van der Waals surface area contributed by atoms with Crippen molar-refractivity contribution >= 4 is 65.4 Å². The molecule has 0 aliphatic carbocycles. The van der Waals surface area contributed by atoms with E-state index in [1.165, 1.54) is 103 Å². The van der Waals surface area contributed by atoms with Crippen molar-refractivity contribution in [3.8, 4) is 0 Å². The number of imidazole rings is 1. The number of nitrogens with two attached hydrogens (primary N) is 1.